The molecular formula is C21H27FN4O3. The van der Waals surface area contributed by atoms with Gasteiger partial charge in [0, 0.05) is 37.5 Å². The molecule has 1 saturated carbocycles. The minimum absolute atomic E-state index is 0.0253. The van der Waals surface area contributed by atoms with E-state index in [4.69, 9.17) is 14.9 Å². The molecule has 1 aromatic heterocycles. The van der Waals surface area contributed by atoms with Crippen LogP contribution in [0.2, 0.25) is 0 Å². The minimum atomic E-state index is -0.435. The van der Waals surface area contributed by atoms with E-state index in [2.05, 4.69) is 5.48 Å². The number of benzene rings is 1. The molecule has 1 aliphatic heterocycles. The Bertz CT molecular complexity index is 850. The minimum Gasteiger partial charge on any atom is -0.369 e. The quantitative estimate of drug-likeness (QED) is 0.550. The molecule has 0 spiro atoms. The molecule has 2 N–H and O–H groups in total. The maximum absolute atomic E-state index is 13.4. The van der Waals surface area contributed by atoms with E-state index in [0.29, 0.717) is 32.5 Å². The molecule has 1 aromatic carbocycles. The number of aromatic nitrogens is 2. The maximum Gasteiger partial charge on any atom is 0.252 e. The summed E-state index contributed by atoms with van der Waals surface area (Å²) in [7, 11) is 0. The van der Waals surface area contributed by atoms with Crippen molar-refractivity contribution in [1.29, 1.82) is 0 Å². The van der Waals surface area contributed by atoms with Gasteiger partial charge < -0.3 is 19.4 Å². The Morgan fingerprint density at radius 3 is 2.72 bits per heavy atom. The Labute approximate surface area is 169 Å². The highest BCUT2D eigenvalue weighted by molar-refractivity contribution is 5.82. The molecule has 29 heavy (non-hydrogen) atoms. The van der Waals surface area contributed by atoms with E-state index in [1.807, 2.05) is 22.6 Å². The van der Waals surface area contributed by atoms with E-state index in [0.717, 1.165) is 29.9 Å². The van der Waals surface area contributed by atoms with E-state index in [1.165, 1.54) is 12.1 Å². The number of nitrogens with one attached hydrogen (secondary N) is 1. The van der Waals surface area contributed by atoms with Gasteiger partial charge in [0.05, 0.1) is 11.7 Å². The van der Waals surface area contributed by atoms with Gasteiger partial charge in [-0.05, 0) is 56.9 Å². The fraction of sp³-hybridized carbons (Fsp3) is 0.524. The first-order chi connectivity index (χ1) is 14.1. The normalized spacial score (nSPS) is 22.7. The summed E-state index contributed by atoms with van der Waals surface area (Å²) in [4.78, 5) is 19.8. The standard InChI is InChI=1S/C21H27FN4O3/c1-14-21(27)26(17-7-8-17)19(9-12-29-14)18-13-25(11-2-10-23-28)20(24-18)15-3-5-16(22)6-4-15/h3-6,13-14,17,19,23,28H,2,7-12H2,1H3/t14-,19?/m1/s1. The molecule has 0 radical (unpaired) electrons. The van der Waals surface area contributed by atoms with Crippen LogP contribution >= 0.6 is 0 Å². The van der Waals surface area contributed by atoms with Crippen molar-refractivity contribution in [1.82, 2.24) is 19.9 Å². The molecule has 4 rings (SSSR count). The highest BCUT2D eigenvalue weighted by atomic mass is 19.1. The van der Waals surface area contributed by atoms with Crippen molar-refractivity contribution in [3.05, 3.63) is 42.0 Å². The Morgan fingerprint density at radius 2 is 2.03 bits per heavy atom. The SMILES string of the molecule is C[C@H]1OCCC(c2cn(CCCNO)c(-c3ccc(F)cc3)n2)N(C2CC2)C1=O. The second-order valence-corrected chi connectivity index (χ2v) is 7.75. The van der Waals surface area contributed by atoms with Crippen molar-refractivity contribution in [2.45, 2.75) is 57.3 Å². The van der Waals surface area contributed by atoms with Crippen molar-refractivity contribution in [2.24, 2.45) is 0 Å². The fourth-order valence-electron chi connectivity index (χ4n) is 3.93. The molecule has 1 saturated heterocycles. The molecule has 1 aliphatic carbocycles. The lowest BCUT2D eigenvalue weighted by atomic mass is 10.1. The summed E-state index contributed by atoms with van der Waals surface area (Å²) in [5, 5.41) is 8.88. The zero-order valence-corrected chi connectivity index (χ0v) is 16.6. The van der Waals surface area contributed by atoms with Crippen LogP contribution in [-0.2, 0) is 16.1 Å². The number of rotatable bonds is 7. The number of carbonyl (C=O) groups excluding carboxylic acids is 1. The third-order valence-corrected chi connectivity index (χ3v) is 5.56. The largest absolute Gasteiger partial charge is 0.369 e. The smallest absolute Gasteiger partial charge is 0.252 e. The van der Waals surface area contributed by atoms with Crippen LogP contribution in [0.1, 0.15) is 44.3 Å². The highest BCUT2D eigenvalue weighted by Crippen LogP contribution is 2.38. The van der Waals surface area contributed by atoms with Gasteiger partial charge in [0.25, 0.3) is 5.91 Å². The summed E-state index contributed by atoms with van der Waals surface area (Å²) in [6.45, 7) is 3.42. The summed E-state index contributed by atoms with van der Waals surface area (Å²) in [5.41, 5.74) is 3.82. The lowest BCUT2D eigenvalue weighted by Crippen LogP contribution is -2.40. The Hall–Kier alpha value is -2.29. The molecule has 2 fully saturated rings. The van der Waals surface area contributed by atoms with Crippen molar-refractivity contribution in [2.75, 3.05) is 13.2 Å². The summed E-state index contributed by atoms with van der Waals surface area (Å²) in [6, 6.07) is 6.40. The molecule has 1 amide bonds. The van der Waals surface area contributed by atoms with Gasteiger partial charge >= 0.3 is 0 Å². The lowest BCUT2D eigenvalue weighted by molar-refractivity contribution is -0.141. The number of ether oxygens (including phenoxy) is 1. The van der Waals surface area contributed by atoms with Crippen LogP contribution in [0.15, 0.2) is 30.5 Å². The molecule has 7 nitrogen and oxygen atoms in total. The molecule has 1 unspecified atom stereocenters. The van der Waals surface area contributed by atoms with Crippen molar-refractivity contribution < 1.29 is 19.1 Å². The van der Waals surface area contributed by atoms with Crippen LogP contribution in [-0.4, -0.2) is 50.9 Å². The zero-order valence-electron chi connectivity index (χ0n) is 16.6. The number of aryl methyl sites for hydroxylation is 1. The Kier molecular flexibility index (Phi) is 5.94. The summed E-state index contributed by atoms with van der Waals surface area (Å²) < 4.78 is 21.1. The van der Waals surface area contributed by atoms with Crippen LogP contribution in [0.4, 0.5) is 4.39 Å². The van der Waals surface area contributed by atoms with Crippen LogP contribution in [0.3, 0.4) is 0 Å². The molecule has 2 aliphatic rings. The molecule has 2 aromatic rings. The predicted molar refractivity (Wildman–Crippen MR) is 105 cm³/mol. The van der Waals surface area contributed by atoms with Gasteiger partial charge in [0.15, 0.2) is 0 Å². The third-order valence-electron chi connectivity index (χ3n) is 5.56. The first kappa shape index (κ1) is 20.0. The highest BCUT2D eigenvalue weighted by Gasteiger charge is 2.42. The van der Waals surface area contributed by atoms with Crippen molar-refractivity contribution in [3.63, 3.8) is 0 Å². The van der Waals surface area contributed by atoms with Gasteiger partial charge in [-0.2, -0.15) is 0 Å². The second-order valence-electron chi connectivity index (χ2n) is 7.75. The Balaban J connectivity index is 1.69. The number of imidazole rings is 1. The van der Waals surface area contributed by atoms with Gasteiger partial charge in [-0.15, -0.1) is 0 Å². The van der Waals surface area contributed by atoms with E-state index >= 15 is 0 Å². The van der Waals surface area contributed by atoms with E-state index in [-0.39, 0.29) is 23.8 Å². The van der Waals surface area contributed by atoms with Gasteiger partial charge in [0.1, 0.15) is 17.7 Å². The molecular weight excluding hydrogens is 375 g/mol. The van der Waals surface area contributed by atoms with Gasteiger partial charge in [-0.3, -0.25) is 4.79 Å². The molecule has 2 atom stereocenters. The summed E-state index contributed by atoms with van der Waals surface area (Å²) in [6.07, 6.45) is 4.99. The number of hydroxylamine groups is 1. The van der Waals surface area contributed by atoms with E-state index in [9.17, 15) is 9.18 Å². The number of carbonyl (C=O) groups is 1. The van der Waals surface area contributed by atoms with Gasteiger partial charge in [-0.25, -0.2) is 14.9 Å². The van der Waals surface area contributed by atoms with Gasteiger partial charge in [0.2, 0.25) is 0 Å². The van der Waals surface area contributed by atoms with E-state index < -0.39 is 6.10 Å². The first-order valence-corrected chi connectivity index (χ1v) is 10.2. The number of hydrogen-bond donors (Lipinski definition) is 2. The number of hydrogen-bond acceptors (Lipinski definition) is 5. The number of nitrogens with zero attached hydrogens (tertiary/aromatic N) is 3. The third kappa shape index (κ3) is 4.34. The monoisotopic (exact) mass is 402 g/mol. The van der Waals surface area contributed by atoms with Crippen LogP contribution in [0.25, 0.3) is 11.4 Å². The van der Waals surface area contributed by atoms with Crippen molar-refractivity contribution in [3.8, 4) is 11.4 Å². The topological polar surface area (TPSA) is 79.6 Å². The fourth-order valence-corrected chi connectivity index (χ4v) is 3.93. The number of halogens is 1. The van der Waals surface area contributed by atoms with E-state index in [1.54, 1.807) is 12.1 Å². The van der Waals surface area contributed by atoms with Crippen LogP contribution in [0.5, 0.6) is 0 Å². The predicted octanol–water partition coefficient (Wildman–Crippen LogP) is 2.90. The second kappa shape index (κ2) is 8.61. The molecule has 156 valence electrons. The van der Waals surface area contributed by atoms with Crippen molar-refractivity contribution >= 4 is 5.91 Å². The van der Waals surface area contributed by atoms with Gasteiger partial charge in [-0.1, -0.05) is 0 Å². The lowest BCUT2D eigenvalue weighted by Gasteiger charge is -2.29. The zero-order chi connectivity index (χ0) is 20.4. The summed E-state index contributed by atoms with van der Waals surface area (Å²) in [5.74, 6) is 0.466. The molecule has 8 heteroatoms. The average Bonchev–Trinajstić information content (AvgIpc) is 3.48. The van der Waals surface area contributed by atoms with Crippen LogP contribution in [0, 0.1) is 5.82 Å². The molecule has 2 heterocycles. The molecule has 0 bridgehead atoms. The average molecular weight is 402 g/mol. The first-order valence-electron chi connectivity index (χ1n) is 10.2. The van der Waals surface area contributed by atoms with Crippen LogP contribution < -0.4 is 5.48 Å². The number of amides is 1. The Morgan fingerprint density at radius 1 is 1.28 bits per heavy atom. The maximum atomic E-state index is 13.4. The summed E-state index contributed by atoms with van der Waals surface area (Å²) >= 11 is 0.